The van der Waals surface area contributed by atoms with Crippen molar-refractivity contribution in [1.82, 2.24) is 10.2 Å². The molecule has 1 aliphatic heterocycles. The summed E-state index contributed by atoms with van der Waals surface area (Å²) >= 11 is 0. The lowest BCUT2D eigenvalue weighted by atomic mass is 10.1. The number of amides is 1. The Kier molecular flexibility index (Phi) is 6.82. The van der Waals surface area contributed by atoms with Gasteiger partial charge in [0.25, 0.3) is 0 Å². The Balaban J connectivity index is 1.85. The summed E-state index contributed by atoms with van der Waals surface area (Å²) in [6.07, 6.45) is 0.532. The van der Waals surface area contributed by atoms with E-state index in [9.17, 15) is 9.59 Å². The highest BCUT2D eigenvalue weighted by Gasteiger charge is 2.22. The molecule has 8 heteroatoms. The fourth-order valence-electron chi connectivity index (χ4n) is 2.76. The average molecular weight is 365 g/mol. The zero-order chi connectivity index (χ0) is 19.3. The van der Waals surface area contributed by atoms with Gasteiger partial charge in [-0.3, -0.25) is 14.5 Å². The van der Waals surface area contributed by atoms with Crippen molar-refractivity contribution in [3.05, 3.63) is 23.8 Å². The Morgan fingerprint density at radius 3 is 2.69 bits per heavy atom. The van der Waals surface area contributed by atoms with Crippen LogP contribution in [0.15, 0.2) is 18.2 Å². The van der Waals surface area contributed by atoms with Gasteiger partial charge in [-0.15, -0.1) is 0 Å². The molecule has 8 nitrogen and oxygen atoms in total. The van der Waals surface area contributed by atoms with Gasteiger partial charge in [-0.05, 0) is 51.4 Å². The molecule has 4 N–H and O–H groups in total. The van der Waals surface area contributed by atoms with Gasteiger partial charge in [0, 0.05) is 12.5 Å². The number of aliphatic carboxylic acids is 1. The molecular formula is C18H27N3O5. The SMILES string of the molecule is CC(Cc1ccc2c(c1)OCO2)N(C)C(C)NC(=O)C(N)CCC(=O)O. The van der Waals surface area contributed by atoms with Crippen LogP contribution in [0.4, 0.5) is 0 Å². The average Bonchev–Trinajstić information content (AvgIpc) is 3.06. The number of carboxylic acid groups (broad SMARTS) is 1. The van der Waals surface area contributed by atoms with E-state index in [4.69, 9.17) is 20.3 Å². The van der Waals surface area contributed by atoms with Crippen molar-refractivity contribution in [2.24, 2.45) is 5.73 Å². The molecule has 0 spiro atoms. The molecule has 0 saturated heterocycles. The van der Waals surface area contributed by atoms with Crippen molar-refractivity contribution in [2.45, 2.75) is 51.4 Å². The van der Waals surface area contributed by atoms with Crippen LogP contribution in [0.3, 0.4) is 0 Å². The van der Waals surface area contributed by atoms with E-state index < -0.39 is 12.0 Å². The van der Waals surface area contributed by atoms with E-state index in [0.717, 1.165) is 23.5 Å². The third kappa shape index (κ3) is 5.34. The van der Waals surface area contributed by atoms with Crippen molar-refractivity contribution in [2.75, 3.05) is 13.8 Å². The number of ether oxygens (including phenoxy) is 2. The highest BCUT2D eigenvalue weighted by atomic mass is 16.7. The fraction of sp³-hybridized carbons (Fsp3) is 0.556. The summed E-state index contributed by atoms with van der Waals surface area (Å²) in [7, 11) is 1.92. The third-order valence-electron chi connectivity index (χ3n) is 4.63. The molecule has 2 rings (SSSR count). The Morgan fingerprint density at radius 2 is 2.00 bits per heavy atom. The van der Waals surface area contributed by atoms with Crippen LogP contribution >= 0.6 is 0 Å². The van der Waals surface area contributed by atoms with Crippen molar-refractivity contribution < 1.29 is 24.2 Å². The number of nitrogens with one attached hydrogen (secondary N) is 1. The van der Waals surface area contributed by atoms with E-state index in [2.05, 4.69) is 12.2 Å². The number of carboxylic acids is 1. The number of hydrogen-bond acceptors (Lipinski definition) is 6. The van der Waals surface area contributed by atoms with Gasteiger partial charge in [0.05, 0.1) is 12.2 Å². The van der Waals surface area contributed by atoms with Crippen molar-refractivity contribution in [3.8, 4) is 11.5 Å². The van der Waals surface area contributed by atoms with E-state index in [1.165, 1.54) is 0 Å². The number of benzene rings is 1. The molecule has 1 amide bonds. The molecule has 0 aromatic heterocycles. The highest BCUT2D eigenvalue weighted by Crippen LogP contribution is 2.32. The lowest BCUT2D eigenvalue weighted by Crippen LogP contribution is -2.52. The predicted molar refractivity (Wildman–Crippen MR) is 95.9 cm³/mol. The summed E-state index contributed by atoms with van der Waals surface area (Å²) in [5.41, 5.74) is 6.86. The van der Waals surface area contributed by atoms with Crippen molar-refractivity contribution in [1.29, 1.82) is 0 Å². The summed E-state index contributed by atoms with van der Waals surface area (Å²) in [4.78, 5) is 24.7. The fourth-order valence-corrected chi connectivity index (χ4v) is 2.76. The highest BCUT2D eigenvalue weighted by molar-refractivity contribution is 5.82. The molecule has 3 atom stereocenters. The zero-order valence-corrected chi connectivity index (χ0v) is 15.4. The summed E-state index contributed by atoms with van der Waals surface area (Å²) < 4.78 is 10.7. The van der Waals surface area contributed by atoms with Crippen molar-refractivity contribution in [3.63, 3.8) is 0 Å². The maximum atomic E-state index is 12.1. The molecule has 144 valence electrons. The second kappa shape index (κ2) is 8.86. The maximum Gasteiger partial charge on any atom is 0.303 e. The zero-order valence-electron chi connectivity index (χ0n) is 15.4. The van der Waals surface area contributed by atoms with Gasteiger partial charge >= 0.3 is 5.97 Å². The summed E-state index contributed by atoms with van der Waals surface area (Å²) in [6.45, 7) is 4.19. The van der Waals surface area contributed by atoms with Gasteiger partial charge in [0.1, 0.15) is 0 Å². The van der Waals surface area contributed by atoms with Gasteiger partial charge in [0.2, 0.25) is 12.7 Å². The normalized spacial score (nSPS) is 16.2. The Labute approximate surface area is 153 Å². The quantitative estimate of drug-likeness (QED) is 0.558. The summed E-state index contributed by atoms with van der Waals surface area (Å²) in [5.74, 6) is 0.200. The molecule has 0 saturated carbocycles. The first-order valence-corrected chi connectivity index (χ1v) is 8.66. The minimum atomic E-state index is -0.962. The Bertz CT molecular complexity index is 652. The first kappa shape index (κ1) is 20.0. The van der Waals surface area contributed by atoms with E-state index in [1.54, 1.807) is 0 Å². The Morgan fingerprint density at radius 1 is 1.31 bits per heavy atom. The van der Waals surface area contributed by atoms with E-state index in [0.29, 0.717) is 0 Å². The molecule has 0 bridgehead atoms. The molecule has 1 heterocycles. The number of carbonyl (C=O) groups is 2. The molecule has 0 fully saturated rings. The monoisotopic (exact) mass is 365 g/mol. The molecule has 0 radical (unpaired) electrons. The first-order valence-electron chi connectivity index (χ1n) is 8.66. The largest absolute Gasteiger partial charge is 0.481 e. The van der Waals surface area contributed by atoms with Crippen LogP contribution in [0.2, 0.25) is 0 Å². The van der Waals surface area contributed by atoms with Gasteiger partial charge < -0.3 is 25.6 Å². The molecular weight excluding hydrogens is 338 g/mol. The van der Waals surface area contributed by atoms with E-state index in [1.807, 2.05) is 37.1 Å². The van der Waals surface area contributed by atoms with Gasteiger partial charge in [0.15, 0.2) is 11.5 Å². The van der Waals surface area contributed by atoms with Crippen LogP contribution in [-0.4, -0.2) is 54.0 Å². The van der Waals surface area contributed by atoms with Crippen LogP contribution in [0.1, 0.15) is 32.3 Å². The van der Waals surface area contributed by atoms with Gasteiger partial charge in [-0.25, -0.2) is 0 Å². The number of carbonyl (C=O) groups excluding carboxylic acids is 1. The first-order chi connectivity index (χ1) is 12.3. The third-order valence-corrected chi connectivity index (χ3v) is 4.63. The van der Waals surface area contributed by atoms with Crippen LogP contribution in [0.5, 0.6) is 11.5 Å². The summed E-state index contributed by atoms with van der Waals surface area (Å²) in [6, 6.07) is 5.20. The van der Waals surface area contributed by atoms with E-state index >= 15 is 0 Å². The van der Waals surface area contributed by atoms with Crippen LogP contribution in [0, 0.1) is 0 Å². The van der Waals surface area contributed by atoms with Crippen molar-refractivity contribution >= 4 is 11.9 Å². The second-order valence-electron chi connectivity index (χ2n) is 6.63. The minimum Gasteiger partial charge on any atom is -0.481 e. The number of likely N-dealkylation sites (N-methyl/N-ethyl adjacent to an activating group) is 1. The molecule has 26 heavy (non-hydrogen) atoms. The molecule has 0 aliphatic carbocycles. The molecule has 1 aromatic carbocycles. The van der Waals surface area contributed by atoms with Crippen LogP contribution in [-0.2, 0) is 16.0 Å². The smallest absolute Gasteiger partial charge is 0.303 e. The standard InChI is InChI=1S/C18H27N3O5/c1-11(8-13-4-6-15-16(9-13)26-10-25-15)21(3)12(2)20-18(24)14(19)5-7-17(22)23/h4,6,9,11-12,14H,5,7-8,10,19H2,1-3H3,(H,20,24)(H,22,23). The number of nitrogens with zero attached hydrogens (tertiary/aromatic N) is 1. The van der Waals surface area contributed by atoms with E-state index in [-0.39, 0.29) is 37.7 Å². The van der Waals surface area contributed by atoms with Crippen LogP contribution in [0.25, 0.3) is 0 Å². The minimum absolute atomic E-state index is 0.115. The lowest BCUT2D eigenvalue weighted by Gasteiger charge is -2.32. The molecule has 1 aromatic rings. The van der Waals surface area contributed by atoms with Gasteiger partial charge in [-0.1, -0.05) is 6.07 Å². The lowest BCUT2D eigenvalue weighted by molar-refractivity contribution is -0.137. The number of fused-ring (bicyclic) bond motifs is 1. The molecule has 3 unspecified atom stereocenters. The number of nitrogens with two attached hydrogens (primary N) is 1. The Hall–Kier alpha value is -2.32. The predicted octanol–water partition coefficient (Wildman–Crippen LogP) is 0.932. The molecule has 1 aliphatic rings. The van der Waals surface area contributed by atoms with Crippen LogP contribution < -0.4 is 20.5 Å². The maximum absolute atomic E-state index is 12.1. The van der Waals surface area contributed by atoms with Gasteiger partial charge in [-0.2, -0.15) is 0 Å². The second-order valence-corrected chi connectivity index (χ2v) is 6.63. The summed E-state index contributed by atoms with van der Waals surface area (Å²) in [5, 5.41) is 11.5. The number of rotatable bonds is 9. The number of hydrogen-bond donors (Lipinski definition) is 3. The topological polar surface area (TPSA) is 114 Å².